The SMILES string of the molecule is Fc1cccc(Cl)c1Cc1nc(C2CC2)cs1. The highest BCUT2D eigenvalue weighted by Crippen LogP contribution is 2.40. The molecule has 0 unspecified atom stereocenters. The van der Waals surface area contributed by atoms with Gasteiger partial charge in [-0.25, -0.2) is 9.37 Å². The first-order valence-corrected chi connectivity index (χ1v) is 6.87. The molecule has 2 aromatic rings. The molecule has 1 nitrogen and oxygen atoms in total. The Bertz CT molecular complexity index is 528. The summed E-state index contributed by atoms with van der Waals surface area (Å²) in [7, 11) is 0. The Morgan fingerprint density at radius 3 is 2.94 bits per heavy atom. The van der Waals surface area contributed by atoms with Crippen molar-refractivity contribution in [2.75, 3.05) is 0 Å². The lowest BCUT2D eigenvalue weighted by atomic mass is 10.1. The van der Waals surface area contributed by atoms with Gasteiger partial charge in [0.1, 0.15) is 5.82 Å². The quantitative estimate of drug-likeness (QED) is 0.803. The molecule has 0 bridgehead atoms. The van der Waals surface area contributed by atoms with Gasteiger partial charge in [-0.3, -0.25) is 0 Å². The van der Waals surface area contributed by atoms with Gasteiger partial charge in [-0.05, 0) is 25.0 Å². The lowest BCUT2D eigenvalue weighted by Gasteiger charge is -2.02. The summed E-state index contributed by atoms with van der Waals surface area (Å²) in [5.74, 6) is 0.400. The predicted molar refractivity (Wildman–Crippen MR) is 68.3 cm³/mol. The fourth-order valence-corrected chi connectivity index (χ4v) is 2.94. The van der Waals surface area contributed by atoms with E-state index < -0.39 is 0 Å². The van der Waals surface area contributed by atoms with Gasteiger partial charge in [-0.2, -0.15) is 0 Å². The minimum absolute atomic E-state index is 0.249. The number of halogens is 2. The van der Waals surface area contributed by atoms with E-state index in [1.54, 1.807) is 23.5 Å². The molecule has 1 heterocycles. The Hall–Kier alpha value is -0.930. The number of hydrogen-bond acceptors (Lipinski definition) is 2. The maximum atomic E-state index is 13.6. The third-order valence-corrected chi connectivity index (χ3v) is 4.18. The first-order chi connectivity index (χ1) is 8.24. The molecule has 0 aliphatic heterocycles. The van der Waals surface area contributed by atoms with E-state index in [2.05, 4.69) is 10.4 Å². The largest absolute Gasteiger partial charge is 0.246 e. The summed E-state index contributed by atoms with van der Waals surface area (Å²) >= 11 is 7.59. The number of aromatic nitrogens is 1. The van der Waals surface area contributed by atoms with Crippen LogP contribution in [0.15, 0.2) is 23.6 Å². The summed E-state index contributed by atoms with van der Waals surface area (Å²) in [6, 6.07) is 4.78. The van der Waals surface area contributed by atoms with Crippen molar-refractivity contribution < 1.29 is 4.39 Å². The zero-order chi connectivity index (χ0) is 11.8. The summed E-state index contributed by atoms with van der Waals surface area (Å²) in [4.78, 5) is 4.54. The summed E-state index contributed by atoms with van der Waals surface area (Å²) < 4.78 is 13.6. The molecule has 0 atom stereocenters. The molecule has 17 heavy (non-hydrogen) atoms. The highest BCUT2D eigenvalue weighted by Gasteiger charge is 2.26. The smallest absolute Gasteiger partial charge is 0.128 e. The molecule has 0 radical (unpaired) electrons. The molecule has 0 amide bonds. The average molecular weight is 268 g/mol. The molecule has 1 fully saturated rings. The maximum Gasteiger partial charge on any atom is 0.128 e. The highest BCUT2D eigenvalue weighted by atomic mass is 35.5. The third-order valence-electron chi connectivity index (χ3n) is 2.95. The minimum Gasteiger partial charge on any atom is -0.246 e. The lowest BCUT2D eigenvalue weighted by molar-refractivity contribution is 0.614. The van der Waals surface area contributed by atoms with E-state index in [9.17, 15) is 4.39 Å². The van der Waals surface area contributed by atoms with Crippen LogP contribution in [0, 0.1) is 5.82 Å². The third kappa shape index (κ3) is 2.35. The second-order valence-electron chi connectivity index (χ2n) is 4.32. The van der Waals surface area contributed by atoms with Crippen molar-refractivity contribution >= 4 is 22.9 Å². The molecule has 1 saturated carbocycles. The second-order valence-corrected chi connectivity index (χ2v) is 5.67. The van der Waals surface area contributed by atoms with Crippen molar-refractivity contribution in [3.8, 4) is 0 Å². The Morgan fingerprint density at radius 1 is 1.41 bits per heavy atom. The standard InChI is InChI=1S/C13H11ClFNS/c14-10-2-1-3-11(15)9(10)6-13-16-12(7-17-13)8-4-5-8/h1-3,7-8H,4-6H2. The van der Waals surface area contributed by atoms with Crippen LogP contribution >= 0.6 is 22.9 Å². The molecule has 88 valence electrons. The van der Waals surface area contributed by atoms with Gasteiger partial charge in [0.15, 0.2) is 0 Å². The van der Waals surface area contributed by atoms with E-state index >= 15 is 0 Å². The highest BCUT2D eigenvalue weighted by molar-refractivity contribution is 7.09. The predicted octanol–water partition coefficient (Wildman–Crippen LogP) is 4.40. The van der Waals surface area contributed by atoms with Crippen molar-refractivity contribution in [2.24, 2.45) is 0 Å². The maximum absolute atomic E-state index is 13.6. The van der Waals surface area contributed by atoms with E-state index in [1.807, 2.05) is 0 Å². The van der Waals surface area contributed by atoms with Gasteiger partial charge in [-0.15, -0.1) is 11.3 Å². The van der Waals surface area contributed by atoms with Gasteiger partial charge >= 0.3 is 0 Å². The molecule has 0 N–H and O–H groups in total. The molecule has 3 rings (SSSR count). The van der Waals surface area contributed by atoms with Gasteiger partial charge in [-0.1, -0.05) is 17.7 Å². The first kappa shape index (κ1) is 11.2. The van der Waals surface area contributed by atoms with E-state index in [1.165, 1.54) is 18.9 Å². The van der Waals surface area contributed by atoms with Gasteiger partial charge in [0, 0.05) is 28.3 Å². The zero-order valence-corrected chi connectivity index (χ0v) is 10.7. The van der Waals surface area contributed by atoms with Gasteiger partial charge in [0.05, 0.1) is 10.7 Å². The first-order valence-electron chi connectivity index (χ1n) is 5.61. The Morgan fingerprint density at radius 2 is 2.24 bits per heavy atom. The molecule has 1 aromatic heterocycles. The fourth-order valence-electron chi connectivity index (χ4n) is 1.83. The van der Waals surface area contributed by atoms with Crippen LogP contribution in [-0.2, 0) is 6.42 Å². The topological polar surface area (TPSA) is 12.9 Å². The molecular formula is C13H11ClFNS. The van der Waals surface area contributed by atoms with Crippen LogP contribution in [0.3, 0.4) is 0 Å². The Labute approximate surface area is 108 Å². The number of rotatable bonds is 3. The molecule has 4 heteroatoms. The average Bonchev–Trinajstić information content (AvgIpc) is 3.05. The summed E-state index contributed by atoms with van der Waals surface area (Å²) in [6.07, 6.45) is 2.97. The number of hydrogen-bond donors (Lipinski definition) is 0. The number of benzene rings is 1. The summed E-state index contributed by atoms with van der Waals surface area (Å²) in [6.45, 7) is 0. The molecule has 0 spiro atoms. The van der Waals surface area contributed by atoms with E-state index in [0.717, 1.165) is 10.7 Å². The molecular weight excluding hydrogens is 257 g/mol. The van der Waals surface area contributed by atoms with E-state index in [-0.39, 0.29) is 5.82 Å². The van der Waals surface area contributed by atoms with Crippen LogP contribution in [0.4, 0.5) is 4.39 Å². The fraction of sp³-hybridized carbons (Fsp3) is 0.308. The second kappa shape index (κ2) is 4.39. The van der Waals surface area contributed by atoms with E-state index in [0.29, 0.717) is 22.9 Å². The number of nitrogens with zero attached hydrogens (tertiary/aromatic N) is 1. The van der Waals surface area contributed by atoms with Gasteiger partial charge in [0.2, 0.25) is 0 Å². The van der Waals surface area contributed by atoms with Crippen molar-refractivity contribution in [1.29, 1.82) is 0 Å². The van der Waals surface area contributed by atoms with Crippen LogP contribution in [0.2, 0.25) is 5.02 Å². The number of thiazole rings is 1. The minimum atomic E-state index is -0.249. The molecule has 1 aromatic carbocycles. The van der Waals surface area contributed by atoms with Crippen LogP contribution in [0.5, 0.6) is 0 Å². The van der Waals surface area contributed by atoms with E-state index in [4.69, 9.17) is 11.6 Å². The van der Waals surface area contributed by atoms with Crippen molar-refractivity contribution in [3.05, 3.63) is 50.7 Å². The van der Waals surface area contributed by atoms with Crippen LogP contribution in [0.1, 0.15) is 35.0 Å². The van der Waals surface area contributed by atoms with Crippen molar-refractivity contribution in [3.63, 3.8) is 0 Å². The normalized spacial score (nSPS) is 15.2. The Kier molecular flexibility index (Phi) is 2.89. The van der Waals surface area contributed by atoms with Crippen molar-refractivity contribution in [1.82, 2.24) is 4.98 Å². The van der Waals surface area contributed by atoms with Gasteiger partial charge < -0.3 is 0 Å². The molecule has 1 aliphatic carbocycles. The van der Waals surface area contributed by atoms with Crippen molar-refractivity contribution in [2.45, 2.75) is 25.2 Å². The molecule has 1 aliphatic rings. The van der Waals surface area contributed by atoms with Crippen LogP contribution < -0.4 is 0 Å². The molecule has 0 saturated heterocycles. The van der Waals surface area contributed by atoms with Crippen LogP contribution in [0.25, 0.3) is 0 Å². The zero-order valence-electron chi connectivity index (χ0n) is 9.12. The van der Waals surface area contributed by atoms with Crippen LogP contribution in [-0.4, -0.2) is 4.98 Å². The Balaban J connectivity index is 1.85. The summed E-state index contributed by atoms with van der Waals surface area (Å²) in [5.41, 5.74) is 1.71. The lowest BCUT2D eigenvalue weighted by Crippen LogP contribution is -1.93. The summed E-state index contributed by atoms with van der Waals surface area (Å²) in [5, 5.41) is 3.51. The van der Waals surface area contributed by atoms with Gasteiger partial charge in [0.25, 0.3) is 0 Å². The monoisotopic (exact) mass is 267 g/mol.